The van der Waals surface area contributed by atoms with Crippen LogP contribution in [0.3, 0.4) is 0 Å². The fraction of sp³-hybridized carbons (Fsp3) is 0.600. The fourth-order valence-electron chi connectivity index (χ4n) is 2.65. The van der Waals surface area contributed by atoms with Crippen LogP contribution in [0.2, 0.25) is 0 Å². The van der Waals surface area contributed by atoms with Gasteiger partial charge in [0.2, 0.25) is 0 Å². The molecule has 1 aliphatic heterocycles. The molecule has 2 atom stereocenters. The van der Waals surface area contributed by atoms with E-state index in [1.165, 1.54) is 12.1 Å². The first kappa shape index (κ1) is 15.3. The summed E-state index contributed by atoms with van der Waals surface area (Å²) in [6, 6.07) is 5.63. The molecule has 20 heavy (non-hydrogen) atoms. The lowest BCUT2D eigenvalue weighted by Gasteiger charge is -2.24. The molecule has 1 fully saturated rings. The maximum atomic E-state index is 12.7. The molecule has 0 spiro atoms. The van der Waals surface area contributed by atoms with Crippen molar-refractivity contribution < 1.29 is 17.9 Å². The van der Waals surface area contributed by atoms with Crippen molar-refractivity contribution in [3.8, 4) is 0 Å². The Hall–Kier alpha value is -1.07. The van der Waals surface area contributed by atoms with E-state index in [4.69, 9.17) is 4.74 Å². The van der Waals surface area contributed by atoms with E-state index < -0.39 is 11.7 Å². The molecule has 1 N–H and O–H groups in total. The Balaban J connectivity index is 2.09. The predicted octanol–water partition coefficient (Wildman–Crippen LogP) is 3.41. The van der Waals surface area contributed by atoms with E-state index in [0.717, 1.165) is 32.1 Å². The fourth-order valence-corrected chi connectivity index (χ4v) is 2.65. The van der Waals surface area contributed by atoms with Crippen LogP contribution in [0.15, 0.2) is 24.3 Å². The number of halogens is 3. The minimum Gasteiger partial charge on any atom is -0.377 e. The number of likely N-dealkylation sites (N-methyl/N-ethyl adjacent to an activating group) is 1. The van der Waals surface area contributed by atoms with Crippen LogP contribution >= 0.6 is 0 Å². The first-order chi connectivity index (χ1) is 9.50. The topological polar surface area (TPSA) is 21.3 Å². The van der Waals surface area contributed by atoms with Gasteiger partial charge in [0, 0.05) is 12.6 Å². The number of hydrogen-bond acceptors (Lipinski definition) is 2. The molecule has 0 amide bonds. The lowest BCUT2D eigenvalue weighted by molar-refractivity contribution is -0.137. The van der Waals surface area contributed by atoms with Crippen LogP contribution in [-0.4, -0.2) is 25.3 Å². The summed E-state index contributed by atoms with van der Waals surface area (Å²) in [4.78, 5) is 0. The zero-order chi connectivity index (χ0) is 14.6. The van der Waals surface area contributed by atoms with Crippen molar-refractivity contribution in [3.63, 3.8) is 0 Å². The monoisotopic (exact) mass is 287 g/mol. The third kappa shape index (κ3) is 3.96. The van der Waals surface area contributed by atoms with E-state index in [0.29, 0.717) is 12.0 Å². The number of rotatable bonds is 5. The first-order valence-corrected chi connectivity index (χ1v) is 7.02. The van der Waals surface area contributed by atoms with E-state index in [1.807, 2.05) is 6.92 Å². The van der Waals surface area contributed by atoms with Gasteiger partial charge < -0.3 is 10.1 Å². The molecule has 1 saturated heterocycles. The molecule has 112 valence electrons. The summed E-state index contributed by atoms with van der Waals surface area (Å²) in [5.41, 5.74) is 0.110. The van der Waals surface area contributed by atoms with Crippen molar-refractivity contribution in [2.24, 2.45) is 0 Å². The van der Waals surface area contributed by atoms with Gasteiger partial charge in [-0.2, -0.15) is 13.2 Å². The summed E-state index contributed by atoms with van der Waals surface area (Å²) < 4.78 is 43.8. The van der Waals surface area contributed by atoms with Gasteiger partial charge in [0.1, 0.15) is 0 Å². The van der Waals surface area contributed by atoms with Crippen molar-refractivity contribution in [2.75, 3.05) is 13.2 Å². The second-order valence-electron chi connectivity index (χ2n) is 5.12. The van der Waals surface area contributed by atoms with Gasteiger partial charge in [-0.3, -0.25) is 0 Å². The summed E-state index contributed by atoms with van der Waals surface area (Å²) in [7, 11) is 0. The summed E-state index contributed by atoms with van der Waals surface area (Å²) in [5, 5.41) is 3.32. The average Bonchev–Trinajstić information content (AvgIpc) is 2.91. The molecule has 0 aromatic heterocycles. The van der Waals surface area contributed by atoms with Crippen LogP contribution in [0.25, 0.3) is 0 Å². The molecule has 0 saturated carbocycles. The minimum atomic E-state index is -4.28. The first-order valence-electron chi connectivity index (χ1n) is 7.02. The molecule has 2 nitrogen and oxygen atoms in total. The quantitative estimate of drug-likeness (QED) is 0.896. The van der Waals surface area contributed by atoms with Crippen LogP contribution in [0, 0.1) is 0 Å². The maximum absolute atomic E-state index is 12.7. The molecule has 0 aliphatic carbocycles. The van der Waals surface area contributed by atoms with Gasteiger partial charge in [0.05, 0.1) is 11.7 Å². The Morgan fingerprint density at radius 1 is 1.40 bits per heavy atom. The van der Waals surface area contributed by atoms with Crippen molar-refractivity contribution in [1.82, 2.24) is 5.32 Å². The van der Waals surface area contributed by atoms with Crippen LogP contribution in [0.1, 0.15) is 30.9 Å². The van der Waals surface area contributed by atoms with Gasteiger partial charge >= 0.3 is 6.18 Å². The molecular weight excluding hydrogens is 267 g/mol. The standard InChI is InChI=1S/C15H20F3NO/c1-2-19-13(14-7-4-8-20-14)10-11-5-3-6-12(9-11)15(16,17)18/h3,5-6,9,13-14,19H,2,4,7-8,10H2,1H3. The molecule has 2 unspecified atom stereocenters. The van der Waals surface area contributed by atoms with E-state index in [1.54, 1.807) is 6.07 Å². The van der Waals surface area contributed by atoms with E-state index in [2.05, 4.69) is 5.32 Å². The SMILES string of the molecule is CCNC(Cc1cccc(C(F)(F)F)c1)C1CCCO1. The normalized spacial score (nSPS) is 21.1. The zero-order valence-corrected chi connectivity index (χ0v) is 11.5. The van der Waals surface area contributed by atoms with E-state index in [-0.39, 0.29) is 12.1 Å². The number of hydrogen-bond donors (Lipinski definition) is 1. The number of nitrogens with one attached hydrogen (secondary N) is 1. The Labute approximate surface area is 117 Å². The molecule has 1 aromatic rings. The Bertz CT molecular complexity index is 427. The number of benzene rings is 1. The van der Waals surface area contributed by atoms with Gasteiger partial charge in [0.15, 0.2) is 0 Å². The second kappa shape index (κ2) is 6.59. The second-order valence-corrected chi connectivity index (χ2v) is 5.12. The van der Waals surface area contributed by atoms with Crippen LogP contribution in [0.4, 0.5) is 13.2 Å². The highest BCUT2D eigenvalue weighted by molar-refractivity contribution is 5.26. The lowest BCUT2D eigenvalue weighted by Crippen LogP contribution is -2.41. The summed E-state index contributed by atoms with van der Waals surface area (Å²) >= 11 is 0. The Morgan fingerprint density at radius 3 is 2.80 bits per heavy atom. The highest BCUT2D eigenvalue weighted by atomic mass is 19.4. The minimum absolute atomic E-state index is 0.0750. The highest BCUT2D eigenvalue weighted by Crippen LogP contribution is 2.30. The molecule has 0 radical (unpaired) electrons. The largest absolute Gasteiger partial charge is 0.416 e. The molecule has 1 aliphatic rings. The zero-order valence-electron chi connectivity index (χ0n) is 11.5. The molecular formula is C15H20F3NO. The Kier molecular flexibility index (Phi) is 5.05. The van der Waals surface area contributed by atoms with Crippen LogP contribution < -0.4 is 5.32 Å². The van der Waals surface area contributed by atoms with E-state index >= 15 is 0 Å². The highest BCUT2D eigenvalue weighted by Gasteiger charge is 2.31. The van der Waals surface area contributed by atoms with Crippen molar-refractivity contribution in [2.45, 2.75) is 44.5 Å². The number of alkyl halides is 3. The molecule has 1 aromatic carbocycles. The third-order valence-electron chi connectivity index (χ3n) is 3.59. The Morgan fingerprint density at radius 2 is 2.20 bits per heavy atom. The van der Waals surface area contributed by atoms with Gasteiger partial charge in [-0.05, 0) is 37.4 Å². The molecule has 0 bridgehead atoms. The average molecular weight is 287 g/mol. The molecule has 1 heterocycles. The molecule has 5 heteroatoms. The van der Waals surface area contributed by atoms with Crippen molar-refractivity contribution in [3.05, 3.63) is 35.4 Å². The van der Waals surface area contributed by atoms with Crippen molar-refractivity contribution in [1.29, 1.82) is 0 Å². The number of ether oxygens (including phenoxy) is 1. The third-order valence-corrected chi connectivity index (χ3v) is 3.59. The van der Waals surface area contributed by atoms with Crippen LogP contribution in [-0.2, 0) is 17.3 Å². The van der Waals surface area contributed by atoms with Crippen molar-refractivity contribution >= 4 is 0 Å². The summed E-state index contributed by atoms with van der Waals surface area (Å²) in [5.74, 6) is 0. The van der Waals surface area contributed by atoms with Crippen LogP contribution in [0.5, 0.6) is 0 Å². The van der Waals surface area contributed by atoms with Gasteiger partial charge in [-0.25, -0.2) is 0 Å². The van der Waals surface area contributed by atoms with E-state index in [9.17, 15) is 13.2 Å². The van der Waals surface area contributed by atoms with Gasteiger partial charge in [0.25, 0.3) is 0 Å². The van der Waals surface area contributed by atoms with Gasteiger partial charge in [-0.15, -0.1) is 0 Å². The summed E-state index contributed by atoms with van der Waals surface area (Å²) in [6.45, 7) is 3.52. The smallest absolute Gasteiger partial charge is 0.377 e. The summed E-state index contributed by atoms with van der Waals surface area (Å²) in [6.07, 6.45) is -1.63. The molecule has 2 rings (SSSR count). The predicted molar refractivity (Wildman–Crippen MR) is 71.6 cm³/mol. The maximum Gasteiger partial charge on any atom is 0.416 e. The lowest BCUT2D eigenvalue weighted by atomic mass is 9.98. The van der Waals surface area contributed by atoms with Gasteiger partial charge in [-0.1, -0.05) is 25.1 Å².